The third-order valence-corrected chi connectivity index (χ3v) is 7.77. The summed E-state index contributed by atoms with van der Waals surface area (Å²) in [5.41, 5.74) is 2.91. The first-order chi connectivity index (χ1) is 17.1. The van der Waals surface area contributed by atoms with Crippen LogP contribution in [0.5, 0.6) is 0 Å². The van der Waals surface area contributed by atoms with Crippen molar-refractivity contribution in [3.05, 3.63) is 51.6 Å². The van der Waals surface area contributed by atoms with Crippen LogP contribution >= 0.6 is 27.3 Å². The van der Waals surface area contributed by atoms with Gasteiger partial charge in [0, 0.05) is 37.3 Å². The SMILES string of the molecule is C[C@H]1CN(C(=O)c2csc(-c3nn(-c4ccc(C5CC5)cc4)cc3Br)n2)CCN1C(=O)OC(C)(C)C. The number of carbonyl (C=O) groups excluding carboxylic acids is 2. The number of piperazine rings is 1. The molecule has 1 saturated heterocycles. The van der Waals surface area contributed by atoms with E-state index in [1.807, 2.05) is 38.6 Å². The molecule has 0 radical (unpaired) electrons. The van der Waals surface area contributed by atoms with Crippen LogP contribution in [0, 0.1) is 0 Å². The summed E-state index contributed by atoms with van der Waals surface area (Å²) >= 11 is 5.00. The van der Waals surface area contributed by atoms with Gasteiger partial charge in [0.1, 0.15) is 22.0 Å². The number of thiazole rings is 1. The lowest BCUT2D eigenvalue weighted by Gasteiger charge is -2.40. The Morgan fingerprint density at radius 1 is 1.14 bits per heavy atom. The maximum absolute atomic E-state index is 13.2. The summed E-state index contributed by atoms with van der Waals surface area (Å²) in [5.74, 6) is 0.577. The van der Waals surface area contributed by atoms with E-state index >= 15 is 0 Å². The number of hydrogen-bond donors (Lipinski definition) is 0. The summed E-state index contributed by atoms with van der Waals surface area (Å²) in [5, 5.41) is 7.19. The van der Waals surface area contributed by atoms with Gasteiger partial charge < -0.3 is 14.5 Å². The summed E-state index contributed by atoms with van der Waals surface area (Å²) in [7, 11) is 0. The Morgan fingerprint density at radius 3 is 2.50 bits per heavy atom. The van der Waals surface area contributed by atoms with Crippen LogP contribution in [0.3, 0.4) is 0 Å². The second kappa shape index (κ2) is 9.63. The molecule has 0 unspecified atom stereocenters. The van der Waals surface area contributed by atoms with E-state index in [4.69, 9.17) is 9.84 Å². The maximum Gasteiger partial charge on any atom is 0.410 e. The van der Waals surface area contributed by atoms with Crippen LogP contribution in [0.4, 0.5) is 4.79 Å². The Balaban J connectivity index is 1.26. The molecule has 1 aliphatic heterocycles. The molecule has 1 atom stereocenters. The minimum absolute atomic E-state index is 0.139. The summed E-state index contributed by atoms with van der Waals surface area (Å²) < 4.78 is 8.15. The molecule has 2 amide bonds. The number of rotatable bonds is 4. The van der Waals surface area contributed by atoms with Crippen molar-refractivity contribution in [2.24, 2.45) is 0 Å². The number of amides is 2. The zero-order valence-corrected chi connectivity index (χ0v) is 23.3. The fourth-order valence-electron chi connectivity index (χ4n) is 4.32. The third-order valence-electron chi connectivity index (χ3n) is 6.34. The van der Waals surface area contributed by atoms with Gasteiger partial charge in [0.05, 0.1) is 10.2 Å². The molecule has 1 aromatic carbocycles. The molecule has 2 fully saturated rings. The van der Waals surface area contributed by atoms with Crippen molar-refractivity contribution in [3.63, 3.8) is 0 Å². The second-order valence-corrected chi connectivity index (χ2v) is 12.2. The predicted octanol–water partition coefficient (Wildman–Crippen LogP) is 5.72. The Bertz CT molecular complexity index is 1280. The molecule has 1 aliphatic carbocycles. The van der Waals surface area contributed by atoms with Crippen LogP contribution in [-0.4, -0.2) is 67.8 Å². The average molecular weight is 573 g/mol. The minimum atomic E-state index is -0.554. The zero-order chi connectivity index (χ0) is 25.6. The fraction of sp³-hybridized carbons (Fsp3) is 0.462. The molecule has 5 rings (SSSR count). The number of ether oxygens (including phenoxy) is 1. The molecule has 3 aromatic rings. The summed E-state index contributed by atoms with van der Waals surface area (Å²) in [6.45, 7) is 8.76. The molecule has 8 nitrogen and oxygen atoms in total. The molecule has 3 heterocycles. The normalized spacial score (nSPS) is 18.4. The van der Waals surface area contributed by atoms with Gasteiger partial charge >= 0.3 is 6.09 Å². The molecule has 2 aromatic heterocycles. The summed E-state index contributed by atoms with van der Waals surface area (Å²) in [6, 6.07) is 8.38. The number of nitrogens with zero attached hydrogens (tertiary/aromatic N) is 5. The van der Waals surface area contributed by atoms with Crippen molar-refractivity contribution in [2.45, 2.75) is 58.1 Å². The van der Waals surface area contributed by atoms with Gasteiger partial charge in [0.2, 0.25) is 0 Å². The van der Waals surface area contributed by atoms with Gasteiger partial charge in [-0.3, -0.25) is 4.79 Å². The van der Waals surface area contributed by atoms with Crippen molar-refractivity contribution in [1.29, 1.82) is 0 Å². The minimum Gasteiger partial charge on any atom is -0.444 e. The third kappa shape index (κ3) is 5.34. The molecule has 36 heavy (non-hydrogen) atoms. The largest absolute Gasteiger partial charge is 0.444 e. The van der Waals surface area contributed by atoms with Crippen molar-refractivity contribution < 1.29 is 14.3 Å². The van der Waals surface area contributed by atoms with E-state index in [0.29, 0.717) is 41.9 Å². The van der Waals surface area contributed by atoms with E-state index in [2.05, 4.69) is 45.2 Å². The molecular weight excluding hydrogens is 542 g/mol. The summed E-state index contributed by atoms with van der Waals surface area (Å²) in [6.07, 6.45) is 4.13. The Kier molecular flexibility index (Phi) is 6.67. The molecule has 2 aliphatic rings. The van der Waals surface area contributed by atoms with Gasteiger partial charge in [-0.2, -0.15) is 5.10 Å². The van der Waals surface area contributed by atoms with Crippen LogP contribution in [0.1, 0.15) is 62.5 Å². The van der Waals surface area contributed by atoms with Crippen LogP contribution in [0.25, 0.3) is 16.4 Å². The molecular formula is C26H30BrN5O3S. The number of aromatic nitrogens is 3. The van der Waals surface area contributed by atoms with Gasteiger partial charge in [-0.1, -0.05) is 12.1 Å². The second-order valence-electron chi connectivity index (χ2n) is 10.4. The molecule has 0 bridgehead atoms. The van der Waals surface area contributed by atoms with E-state index in [9.17, 15) is 9.59 Å². The van der Waals surface area contributed by atoms with E-state index in [1.165, 1.54) is 29.7 Å². The highest BCUT2D eigenvalue weighted by Gasteiger charge is 2.33. The van der Waals surface area contributed by atoms with Crippen LogP contribution in [0.2, 0.25) is 0 Å². The average Bonchev–Trinajstić information content (AvgIpc) is 3.43. The molecule has 0 spiro atoms. The van der Waals surface area contributed by atoms with Gasteiger partial charge in [-0.15, -0.1) is 11.3 Å². The first-order valence-electron chi connectivity index (χ1n) is 12.2. The van der Waals surface area contributed by atoms with E-state index < -0.39 is 5.60 Å². The van der Waals surface area contributed by atoms with Gasteiger partial charge in [-0.05, 0) is 80.1 Å². The van der Waals surface area contributed by atoms with Crippen molar-refractivity contribution in [2.75, 3.05) is 19.6 Å². The van der Waals surface area contributed by atoms with E-state index in [-0.39, 0.29) is 18.0 Å². The molecule has 10 heteroatoms. The van der Waals surface area contributed by atoms with Crippen LogP contribution in [0.15, 0.2) is 40.3 Å². The molecule has 0 N–H and O–H groups in total. The van der Waals surface area contributed by atoms with E-state index in [0.717, 1.165) is 10.2 Å². The fourth-order valence-corrected chi connectivity index (χ4v) is 5.71. The van der Waals surface area contributed by atoms with Gasteiger partial charge in [0.15, 0.2) is 0 Å². The monoisotopic (exact) mass is 571 g/mol. The lowest BCUT2D eigenvalue weighted by atomic mass is 10.1. The highest BCUT2D eigenvalue weighted by Crippen LogP contribution is 2.40. The van der Waals surface area contributed by atoms with Crippen molar-refractivity contribution in [3.8, 4) is 16.4 Å². The lowest BCUT2D eigenvalue weighted by molar-refractivity contribution is 0.00191. The Hall–Kier alpha value is -2.72. The smallest absolute Gasteiger partial charge is 0.410 e. The quantitative estimate of drug-likeness (QED) is 0.400. The highest BCUT2D eigenvalue weighted by atomic mass is 79.9. The predicted molar refractivity (Wildman–Crippen MR) is 143 cm³/mol. The summed E-state index contributed by atoms with van der Waals surface area (Å²) in [4.78, 5) is 33.7. The first kappa shape index (κ1) is 25.0. The van der Waals surface area contributed by atoms with Crippen LogP contribution in [-0.2, 0) is 4.74 Å². The zero-order valence-electron chi connectivity index (χ0n) is 20.9. The molecule has 190 valence electrons. The highest BCUT2D eigenvalue weighted by molar-refractivity contribution is 9.10. The standard InChI is InChI=1S/C26H30BrN5O3S/c1-16-13-30(11-12-31(16)25(34)35-26(2,3)4)24(33)21-15-36-23(28-21)22-20(27)14-32(29-22)19-9-7-18(8-10-19)17-5-6-17/h7-10,14-17H,5-6,11-13H2,1-4H3/t16-/m0/s1. The number of halogens is 1. The first-order valence-corrected chi connectivity index (χ1v) is 13.9. The van der Waals surface area contributed by atoms with Gasteiger partial charge in [-0.25, -0.2) is 14.5 Å². The topological polar surface area (TPSA) is 80.6 Å². The Morgan fingerprint density at radius 2 is 1.86 bits per heavy atom. The lowest BCUT2D eigenvalue weighted by Crippen LogP contribution is -2.56. The van der Waals surface area contributed by atoms with E-state index in [1.54, 1.807) is 15.2 Å². The number of carbonyl (C=O) groups is 2. The molecule has 1 saturated carbocycles. The van der Waals surface area contributed by atoms with Crippen molar-refractivity contribution in [1.82, 2.24) is 24.6 Å². The maximum atomic E-state index is 13.2. The number of hydrogen-bond acceptors (Lipinski definition) is 6. The van der Waals surface area contributed by atoms with Gasteiger partial charge in [0.25, 0.3) is 5.91 Å². The number of benzene rings is 1. The Labute approximate surface area is 223 Å². The van der Waals surface area contributed by atoms with Crippen molar-refractivity contribution >= 4 is 39.3 Å². The van der Waals surface area contributed by atoms with Crippen LogP contribution < -0.4 is 0 Å².